The molecule has 4 aliphatic heterocycles. The SMILES string of the molecule is O=C1[C@@H]2[C@@H]3O[C@H]([C@@H]2C(=O)N1c1ccc(Cl)cc1)[C@@H]1[C@H]3C(c2cnc3ccccc3n2)=NN1c1ccccc1. The minimum Gasteiger partial charge on any atom is -0.370 e. The topological polar surface area (TPSA) is 88.0 Å². The summed E-state index contributed by atoms with van der Waals surface area (Å²) in [6, 6.07) is 24.1. The maximum absolute atomic E-state index is 13.7. The van der Waals surface area contributed by atoms with Gasteiger partial charge in [0.25, 0.3) is 0 Å². The zero-order valence-electron chi connectivity index (χ0n) is 19.9. The number of hydrogen-bond acceptors (Lipinski definition) is 7. The molecule has 186 valence electrons. The minimum absolute atomic E-state index is 0.236. The average molecular weight is 522 g/mol. The van der Waals surface area contributed by atoms with E-state index in [4.69, 9.17) is 26.4 Å². The Morgan fingerprint density at radius 3 is 2.18 bits per heavy atom. The largest absolute Gasteiger partial charge is 0.370 e. The lowest BCUT2D eigenvalue weighted by molar-refractivity contribution is -0.125. The molecule has 38 heavy (non-hydrogen) atoms. The van der Waals surface area contributed by atoms with Crippen molar-refractivity contribution in [2.45, 2.75) is 18.2 Å². The Morgan fingerprint density at radius 2 is 1.42 bits per heavy atom. The van der Waals surface area contributed by atoms with Crippen LogP contribution in [0.3, 0.4) is 0 Å². The first kappa shape index (κ1) is 21.9. The van der Waals surface area contributed by atoms with Gasteiger partial charge in [-0.15, -0.1) is 0 Å². The Morgan fingerprint density at radius 1 is 0.737 bits per heavy atom. The van der Waals surface area contributed by atoms with E-state index in [-0.39, 0.29) is 23.8 Å². The van der Waals surface area contributed by atoms with Crippen molar-refractivity contribution in [1.29, 1.82) is 0 Å². The van der Waals surface area contributed by atoms with Gasteiger partial charge in [0.2, 0.25) is 11.8 Å². The molecule has 0 aliphatic carbocycles. The molecule has 9 heteroatoms. The van der Waals surface area contributed by atoms with Gasteiger partial charge >= 0.3 is 0 Å². The minimum atomic E-state index is -0.584. The maximum atomic E-state index is 13.7. The lowest BCUT2D eigenvalue weighted by Crippen LogP contribution is -2.50. The summed E-state index contributed by atoms with van der Waals surface area (Å²) in [5.74, 6) is -1.87. The molecule has 0 saturated carbocycles. The summed E-state index contributed by atoms with van der Waals surface area (Å²) in [7, 11) is 0. The number of nitrogens with zero attached hydrogens (tertiary/aromatic N) is 5. The van der Waals surface area contributed by atoms with Gasteiger partial charge in [0.1, 0.15) is 5.69 Å². The molecule has 3 fully saturated rings. The van der Waals surface area contributed by atoms with Crippen molar-refractivity contribution in [1.82, 2.24) is 9.97 Å². The van der Waals surface area contributed by atoms with Gasteiger partial charge in [0.15, 0.2) is 0 Å². The number of benzene rings is 3. The van der Waals surface area contributed by atoms with E-state index in [1.54, 1.807) is 30.5 Å². The van der Waals surface area contributed by atoms with Gasteiger partial charge < -0.3 is 4.74 Å². The van der Waals surface area contributed by atoms with Crippen LogP contribution in [-0.2, 0) is 14.3 Å². The predicted octanol–water partition coefficient (Wildman–Crippen LogP) is 4.08. The lowest BCUT2D eigenvalue weighted by atomic mass is 9.70. The first-order chi connectivity index (χ1) is 18.6. The molecule has 0 radical (unpaired) electrons. The smallest absolute Gasteiger partial charge is 0.240 e. The third kappa shape index (κ3) is 2.92. The van der Waals surface area contributed by atoms with Crippen molar-refractivity contribution in [3.05, 3.63) is 95.8 Å². The van der Waals surface area contributed by atoms with Gasteiger partial charge in [-0.25, -0.2) is 9.88 Å². The highest BCUT2D eigenvalue weighted by atomic mass is 35.5. The lowest BCUT2D eigenvalue weighted by Gasteiger charge is -2.32. The van der Waals surface area contributed by atoms with Crippen molar-refractivity contribution in [3.63, 3.8) is 0 Å². The number of ether oxygens (including phenoxy) is 1. The Kier molecular flexibility index (Phi) is 4.57. The quantitative estimate of drug-likeness (QED) is 0.378. The van der Waals surface area contributed by atoms with Gasteiger partial charge in [-0.3, -0.25) is 19.6 Å². The number of para-hydroxylation sites is 3. The van der Waals surface area contributed by atoms with E-state index in [1.807, 2.05) is 59.6 Å². The number of hydrogen-bond donors (Lipinski definition) is 0. The van der Waals surface area contributed by atoms with Crippen LogP contribution >= 0.6 is 11.6 Å². The van der Waals surface area contributed by atoms with E-state index in [0.717, 1.165) is 22.4 Å². The van der Waals surface area contributed by atoms with Crippen LogP contribution in [0, 0.1) is 17.8 Å². The average Bonchev–Trinajstić information content (AvgIpc) is 3.69. The highest BCUT2D eigenvalue weighted by Crippen LogP contribution is 2.56. The third-order valence-electron chi connectivity index (χ3n) is 8.11. The summed E-state index contributed by atoms with van der Waals surface area (Å²) in [4.78, 5) is 38.2. The molecule has 0 unspecified atom stereocenters. The molecule has 4 aromatic rings. The molecule has 8 rings (SSSR count). The molecule has 1 aromatic heterocycles. The molecule has 3 aromatic carbocycles. The second kappa shape index (κ2) is 7.93. The van der Waals surface area contributed by atoms with Crippen LogP contribution in [0.1, 0.15) is 5.69 Å². The molecule has 8 nitrogen and oxygen atoms in total. The van der Waals surface area contributed by atoms with Crippen molar-refractivity contribution in [2.75, 3.05) is 9.91 Å². The number of halogens is 1. The summed E-state index contributed by atoms with van der Waals surface area (Å²) in [5, 5.41) is 7.53. The molecule has 2 bridgehead atoms. The third-order valence-corrected chi connectivity index (χ3v) is 8.36. The van der Waals surface area contributed by atoms with Gasteiger partial charge in [-0.05, 0) is 48.5 Å². The van der Waals surface area contributed by atoms with Gasteiger partial charge in [0.05, 0.1) is 70.3 Å². The Hall–Kier alpha value is -4.14. The number of carbonyl (C=O) groups excluding carboxylic acids is 2. The van der Waals surface area contributed by atoms with Gasteiger partial charge in [-0.1, -0.05) is 41.9 Å². The van der Waals surface area contributed by atoms with Crippen LogP contribution in [0.5, 0.6) is 0 Å². The fourth-order valence-corrected chi connectivity index (χ4v) is 6.70. The molecule has 2 amide bonds. The normalized spacial score (nSPS) is 29.2. The van der Waals surface area contributed by atoms with Crippen LogP contribution < -0.4 is 9.91 Å². The number of carbonyl (C=O) groups is 2. The number of anilines is 2. The fourth-order valence-electron chi connectivity index (χ4n) is 6.57. The van der Waals surface area contributed by atoms with Crippen molar-refractivity contribution in [3.8, 4) is 0 Å². The monoisotopic (exact) mass is 521 g/mol. The molecule has 0 N–H and O–H groups in total. The summed E-state index contributed by atoms with van der Waals surface area (Å²) in [6.45, 7) is 0. The van der Waals surface area contributed by atoms with Crippen molar-refractivity contribution < 1.29 is 14.3 Å². The van der Waals surface area contributed by atoms with Crippen LogP contribution in [-0.4, -0.2) is 45.7 Å². The zero-order valence-corrected chi connectivity index (χ0v) is 20.6. The maximum Gasteiger partial charge on any atom is 0.240 e. The molecular weight excluding hydrogens is 502 g/mol. The van der Waals surface area contributed by atoms with E-state index in [0.29, 0.717) is 16.4 Å². The Balaban J connectivity index is 1.24. The number of imide groups is 1. The van der Waals surface area contributed by atoms with Crippen LogP contribution in [0.4, 0.5) is 11.4 Å². The summed E-state index contributed by atoms with van der Waals surface area (Å²) in [6.07, 6.45) is 0.751. The van der Waals surface area contributed by atoms with E-state index < -0.39 is 24.0 Å². The molecule has 6 atom stereocenters. The molecule has 3 saturated heterocycles. The van der Waals surface area contributed by atoms with Crippen LogP contribution in [0.2, 0.25) is 5.02 Å². The summed E-state index contributed by atoms with van der Waals surface area (Å²) < 4.78 is 6.48. The number of amides is 2. The first-order valence-corrected chi connectivity index (χ1v) is 12.9. The standard InChI is InChI=1S/C29H20ClN5O3/c30-15-10-12-16(13-11-15)34-28(36)21-22(29(34)37)27-25-23(26(21)38-27)24(33-35(25)17-6-2-1-3-7-17)20-14-31-18-8-4-5-9-19(18)32-20/h1-14,21-23,25-27H/t21-,22+,23+,25-,26-,27+/m0/s1. The number of hydrazone groups is 1. The molecule has 0 spiro atoms. The molecule has 4 aliphatic rings. The van der Waals surface area contributed by atoms with Crippen molar-refractivity contribution >= 4 is 51.5 Å². The zero-order chi connectivity index (χ0) is 25.5. The summed E-state index contributed by atoms with van der Waals surface area (Å²) in [5.41, 5.74) is 4.36. The number of aromatic nitrogens is 2. The Labute approximate surface area is 222 Å². The van der Waals surface area contributed by atoms with E-state index in [9.17, 15) is 9.59 Å². The highest BCUT2D eigenvalue weighted by molar-refractivity contribution is 6.31. The number of rotatable bonds is 3. The van der Waals surface area contributed by atoms with Gasteiger partial charge in [-0.2, -0.15) is 5.10 Å². The molecular formula is C29H20ClN5O3. The fraction of sp³-hybridized carbons (Fsp3) is 0.207. The van der Waals surface area contributed by atoms with Crippen LogP contribution in [0.15, 0.2) is 90.2 Å². The van der Waals surface area contributed by atoms with E-state index >= 15 is 0 Å². The van der Waals surface area contributed by atoms with Crippen molar-refractivity contribution in [2.24, 2.45) is 22.9 Å². The second-order valence-electron chi connectivity index (χ2n) is 10.0. The Bertz CT molecular complexity index is 1660. The number of fused-ring (bicyclic) bond motifs is 9. The van der Waals surface area contributed by atoms with E-state index in [1.165, 1.54) is 4.90 Å². The van der Waals surface area contributed by atoms with Gasteiger partial charge in [0, 0.05) is 5.02 Å². The predicted molar refractivity (Wildman–Crippen MR) is 142 cm³/mol. The highest BCUT2D eigenvalue weighted by Gasteiger charge is 2.72. The first-order valence-electron chi connectivity index (χ1n) is 12.5. The van der Waals surface area contributed by atoms with Crippen LogP contribution in [0.25, 0.3) is 11.0 Å². The second-order valence-corrected chi connectivity index (χ2v) is 10.5. The van der Waals surface area contributed by atoms with E-state index in [2.05, 4.69) is 4.98 Å². The summed E-state index contributed by atoms with van der Waals surface area (Å²) >= 11 is 6.05. The molecule has 5 heterocycles.